The molecule has 3 aromatic rings. The van der Waals surface area contributed by atoms with Crippen LogP contribution in [0.3, 0.4) is 0 Å². The van der Waals surface area contributed by atoms with Crippen LogP contribution in [0.15, 0.2) is 64.7 Å². The monoisotopic (exact) mass is 339 g/mol. The number of nitrogens with zero attached hydrogens (tertiary/aromatic N) is 2. The number of benzene rings is 2. The van der Waals surface area contributed by atoms with Crippen molar-refractivity contribution >= 4 is 45.9 Å². The minimum atomic E-state index is 0.779. The summed E-state index contributed by atoms with van der Waals surface area (Å²) in [4.78, 5) is 3.42. The van der Waals surface area contributed by atoms with Crippen molar-refractivity contribution in [3.8, 4) is 0 Å². The maximum atomic E-state index is 6.13. The van der Waals surface area contributed by atoms with Gasteiger partial charge >= 0.3 is 0 Å². The Morgan fingerprint density at radius 2 is 1.96 bits per heavy atom. The fraction of sp³-hybridized carbons (Fsp3) is 0.105. The van der Waals surface area contributed by atoms with Gasteiger partial charge in [0.15, 0.2) is 6.20 Å². The summed E-state index contributed by atoms with van der Waals surface area (Å²) in [5.74, 6) is 0. The summed E-state index contributed by atoms with van der Waals surface area (Å²) in [6.07, 6.45) is 4.36. The van der Waals surface area contributed by atoms with E-state index in [4.69, 9.17) is 11.6 Å². The van der Waals surface area contributed by atoms with Crippen LogP contribution in [-0.2, 0) is 7.05 Å². The molecule has 0 saturated carbocycles. The van der Waals surface area contributed by atoms with Gasteiger partial charge < -0.3 is 4.90 Å². The minimum absolute atomic E-state index is 0.779. The number of thioether (sulfide) groups is 1. The van der Waals surface area contributed by atoms with Crippen molar-refractivity contribution in [2.45, 2.75) is 4.90 Å². The third-order valence-corrected chi connectivity index (χ3v) is 5.57. The smallest absolute Gasteiger partial charge is 0.215 e. The number of rotatable bonds is 1. The van der Waals surface area contributed by atoms with Crippen molar-refractivity contribution in [3.63, 3.8) is 0 Å². The molecule has 0 unspecified atom stereocenters. The molecular formula is C19H16ClN2S+. The van der Waals surface area contributed by atoms with E-state index < -0.39 is 0 Å². The minimum Gasteiger partial charge on any atom is -0.338 e. The number of pyridine rings is 1. The second-order valence-corrected chi connectivity index (χ2v) is 7.15. The van der Waals surface area contributed by atoms with Crippen LogP contribution in [0, 0.1) is 0 Å². The molecule has 2 aromatic carbocycles. The molecular weight excluding hydrogens is 324 g/mol. The van der Waals surface area contributed by atoms with Crippen LogP contribution < -0.4 is 9.47 Å². The van der Waals surface area contributed by atoms with Gasteiger partial charge in [0.1, 0.15) is 7.05 Å². The number of fused-ring (bicyclic) bond motifs is 2. The number of hydrogen-bond acceptors (Lipinski definition) is 2. The Bertz CT molecular complexity index is 949. The first-order chi connectivity index (χ1) is 11.1. The third kappa shape index (κ3) is 2.50. The van der Waals surface area contributed by atoms with E-state index in [0.717, 1.165) is 5.02 Å². The Balaban J connectivity index is 1.85. The van der Waals surface area contributed by atoms with E-state index in [0.29, 0.717) is 0 Å². The van der Waals surface area contributed by atoms with Crippen LogP contribution in [0.4, 0.5) is 5.69 Å². The first-order valence-corrected chi connectivity index (χ1v) is 8.63. The SMILES string of the molecule is CN1/C(=C/c2c3ccccc3cc[n+]2C)Sc2cc(Cl)ccc21. The molecule has 0 fully saturated rings. The van der Waals surface area contributed by atoms with Gasteiger partial charge in [-0.25, -0.2) is 4.57 Å². The Morgan fingerprint density at radius 3 is 2.83 bits per heavy atom. The van der Waals surface area contributed by atoms with E-state index in [1.807, 2.05) is 12.1 Å². The molecule has 1 aliphatic rings. The Labute approximate surface area is 145 Å². The van der Waals surface area contributed by atoms with Crippen LogP contribution in [0.5, 0.6) is 0 Å². The molecule has 0 radical (unpaired) electrons. The predicted molar refractivity (Wildman–Crippen MR) is 98.8 cm³/mol. The summed E-state index contributed by atoms with van der Waals surface area (Å²) in [6.45, 7) is 0. The topological polar surface area (TPSA) is 7.12 Å². The average Bonchev–Trinajstić information content (AvgIpc) is 2.85. The molecule has 0 aliphatic carbocycles. The zero-order valence-electron chi connectivity index (χ0n) is 13.0. The normalized spacial score (nSPS) is 15.4. The standard InChI is InChI=1S/C19H16ClN2S/c1-21-10-9-13-5-3-4-6-15(13)17(21)12-19-22(2)16-8-7-14(20)11-18(16)23-19/h3-12H,1-2H3/q+1. The molecule has 4 rings (SSSR count). The first kappa shape index (κ1) is 14.6. The fourth-order valence-corrected chi connectivity index (χ4v) is 4.27. The van der Waals surface area contributed by atoms with Crippen LogP contribution >= 0.6 is 23.4 Å². The molecule has 4 heteroatoms. The molecule has 1 aliphatic heterocycles. The van der Waals surface area contributed by atoms with Gasteiger partial charge in [-0.1, -0.05) is 41.6 Å². The lowest BCUT2D eigenvalue weighted by Crippen LogP contribution is -2.31. The Morgan fingerprint density at radius 1 is 1.13 bits per heavy atom. The van der Waals surface area contributed by atoms with Crippen molar-refractivity contribution in [3.05, 3.63) is 70.5 Å². The summed E-state index contributed by atoms with van der Waals surface area (Å²) in [7, 11) is 4.19. The third-order valence-electron chi connectivity index (χ3n) is 4.18. The molecule has 0 amide bonds. The maximum absolute atomic E-state index is 6.13. The van der Waals surface area contributed by atoms with E-state index in [2.05, 4.69) is 72.2 Å². The molecule has 2 heterocycles. The van der Waals surface area contributed by atoms with Gasteiger partial charge in [0, 0.05) is 29.1 Å². The number of anilines is 1. The van der Waals surface area contributed by atoms with Crippen molar-refractivity contribution < 1.29 is 4.57 Å². The zero-order chi connectivity index (χ0) is 16.0. The zero-order valence-corrected chi connectivity index (χ0v) is 14.5. The van der Waals surface area contributed by atoms with Crippen molar-refractivity contribution in [2.24, 2.45) is 7.05 Å². The molecule has 0 bridgehead atoms. The summed E-state index contributed by atoms with van der Waals surface area (Å²) >= 11 is 7.89. The molecule has 114 valence electrons. The number of halogens is 1. The number of hydrogen-bond donors (Lipinski definition) is 0. The van der Waals surface area contributed by atoms with Crippen molar-refractivity contribution in [2.75, 3.05) is 11.9 Å². The lowest BCUT2D eigenvalue weighted by atomic mass is 10.1. The number of aromatic nitrogens is 1. The van der Waals surface area contributed by atoms with Gasteiger partial charge in [-0.3, -0.25) is 0 Å². The van der Waals surface area contributed by atoms with Crippen LogP contribution in [0.2, 0.25) is 5.02 Å². The van der Waals surface area contributed by atoms with E-state index >= 15 is 0 Å². The summed E-state index contributed by atoms with van der Waals surface area (Å²) in [5, 5.41) is 4.49. The van der Waals surface area contributed by atoms with Gasteiger partial charge in [0.2, 0.25) is 5.69 Å². The molecule has 0 N–H and O–H groups in total. The van der Waals surface area contributed by atoms with E-state index in [1.165, 1.54) is 32.1 Å². The lowest BCUT2D eigenvalue weighted by Gasteiger charge is -2.13. The fourth-order valence-electron chi connectivity index (χ4n) is 2.91. The van der Waals surface area contributed by atoms with Crippen LogP contribution in [0.1, 0.15) is 5.69 Å². The van der Waals surface area contributed by atoms with Crippen LogP contribution in [0.25, 0.3) is 16.8 Å². The van der Waals surface area contributed by atoms with E-state index in [1.54, 1.807) is 11.8 Å². The molecule has 0 atom stereocenters. The second-order valence-electron chi connectivity index (χ2n) is 5.65. The Hall–Kier alpha value is -1.97. The van der Waals surface area contributed by atoms with Gasteiger partial charge in [0.25, 0.3) is 0 Å². The highest BCUT2D eigenvalue weighted by Crippen LogP contribution is 2.46. The molecule has 1 aromatic heterocycles. The largest absolute Gasteiger partial charge is 0.338 e. The van der Waals surface area contributed by atoms with Gasteiger partial charge in [0.05, 0.1) is 16.1 Å². The summed E-state index contributed by atoms with van der Waals surface area (Å²) < 4.78 is 2.17. The molecule has 0 saturated heterocycles. The summed E-state index contributed by atoms with van der Waals surface area (Å²) in [5.41, 5.74) is 2.41. The van der Waals surface area contributed by atoms with Gasteiger partial charge in [-0.15, -0.1) is 0 Å². The quantitative estimate of drug-likeness (QED) is 0.585. The second kappa shape index (κ2) is 5.59. The maximum Gasteiger partial charge on any atom is 0.215 e. The molecule has 2 nitrogen and oxygen atoms in total. The lowest BCUT2D eigenvalue weighted by molar-refractivity contribution is -0.671. The van der Waals surface area contributed by atoms with E-state index in [9.17, 15) is 0 Å². The Kier molecular flexibility index (Phi) is 3.55. The average molecular weight is 340 g/mol. The predicted octanol–water partition coefficient (Wildman–Crippen LogP) is 4.86. The van der Waals surface area contributed by atoms with Crippen LogP contribution in [-0.4, -0.2) is 7.05 Å². The first-order valence-electron chi connectivity index (χ1n) is 7.44. The van der Waals surface area contributed by atoms with Gasteiger partial charge in [-0.2, -0.15) is 0 Å². The van der Waals surface area contributed by atoms with Crippen molar-refractivity contribution in [1.29, 1.82) is 0 Å². The number of aryl methyl sites for hydroxylation is 1. The highest BCUT2D eigenvalue weighted by Gasteiger charge is 2.24. The van der Waals surface area contributed by atoms with E-state index in [-0.39, 0.29) is 0 Å². The highest BCUT2D eigenvalue weighted by atomic mass is 35.5. The van der Waals surface area contributed by atoms with Gasteiger partial charge in [-0.05, 0) is 29.7 Å². The molecule has 0 spiro atoms. The van der Waals surface area contributed by atoms with Crippen molar-refractivity contribution in [1.82, 2.24) is 0 Å². The molecule has 23 heavy (non-hydrogen) atoms. The highest BCUT2D eigenvalue weighted by molar-refractivity contribution is 8.03. The summed E-state index contributed by atoms with van der Waals surface area (Å²) in [6, 6.07) is 16.7.